The average molecular weight is 251 g/mol. The fraction of sp³-hybridized carbons (Fsp3) is 0.333. The summed E-state index contributed by atoms with van der Waals surface area (Å²) < 4.78 is 0. The molecule has 0 aromatic heterocycles. The quantitative estimate of drug-likeness (QED) is 0.771. The summed E-state index contributed by atoms with van der Waals surface area (Å²) >= 11 is 4.78. The van der Waals surface area contributed by atoms with Gasteiger partial charge in [-0.3, -0.25) is 9.69 Å². The van der Waals surface area contributed by atoms with E-state index in [9.17, 15) is 4.79 Å². The van der Waals surface area contributed by atoms with Crippen molar-refractivity contribution in [2.24, 2.45) is 5.73 Å². The number of thiocarbonyl (C=S) groups is 1. The molecule has 1 amide bonds. The summed E-state index contributed by atoms with van der Waals surface area (Å²) in [5.41, 5.74) is 7.31. The van der Waals surface area contributed by atoms with Crippen LogP contribution in [0.3, 0.4) is 0 Å². The third-order valence-corrected chi connectivity index (χ3v) is 2.27. The molecular formula is C12H17N3OS. The highest BCUT2D eigenvalue weighted by Gasteiger charge is 2.07. The van der Waals surface area contributed by atoms with Crippen LogP contribution < -0.4 is 11.1 Å². The number of nitrogens with one attached hydrogen (secondary N) is 1. The molecular weight excluding hydrogens is 234 g/mol. The zero-order valence-electron chi connectivity index (χ0n) is 10.1. The Labute approximate surface area is 107 Å². The van der Waals surface area contributed by atoms with Crippen molar-refractivity contribution in [2.75, 3.05) is 25.5 Å². The molecule has 4 nitrogen and oxygen atoms in total. The Balaban J connectivity index is 2.47. The molecule has 1 aromatic carbocycles. The number of amides is 1. The molecule has 0 heterocycles. The Bertz CT molecular complexity index is 420. The molecule has 0 aliphatic carbocycles. The van der Waals surface area contributed by atoms with Gasteiger partial charge in [-0.05, 0) is 31.7 Å². The Kier molecular flexibility index (Phi) is 5.06. The Morgan fingerprint density at radius 2 is 2.18 bits per heavy atom. The molecule has 0 radical (unpaired) electrons. The lowest BCUT2D eigenvalue weighted by molar-refractivity contribution is -0.116. The second-order valence-corrected chi connectivity index (χ2v) is 4.58. The number of anilines is 1. The number of nitrogens with zero attached hydrogens (tertiary/aromatic N) is 1. The van der Waals surface area contributed by atoms with Crippen molar-refractivity contribution in [3.63, 3.8) is 0 Å². The smallest absolute Gasteiger partial charge is 0.238 e. The third kappa shape index (κ3) is 5.42. The molecule has 92 valence electrons. The second-order valence-electron chi connectivity index (χ2n) is 4.06. The lowest BCUT2D eigenvalue weighted by Crippen LogP contribution is -2.35. The molecule has 17 heavy (non-hydrogen) atoms. The van der Waals surface area contributed by atoms with Crippen molar-refractivity contribution < 1.29 is 4.79 Å². The van der Waals surface area contributed by atoms with Crippen molar-refractivity contribution in [1.82, 2.24) is 4.90 Å². The van der Waals surface area contributed by atoms with E-state index in [1.807, 2.05) is 31.2 Å². The zero-order valence-corrected chi connectivity index (χ0v) is 10.9. The number of likely N-dealkylation sites (N-methyl/N-ethyl adjacent to an activating group) is 1. The van der Waals surface area contributed by atoms with E-state index in [-0.39, 0.29) is 12.5 Å². The molecule has 0 bridgehead atoms. The topological polar surface area (TPSA) is 58.4 Å². The monoisotopic (exact) mass is 251 g/mol. The van der Waals surface area contributed by atoms with Gasteiger partial charge in [-0.25, -0.2) is 0 Å². The zero-order chi connectivity index (χ0) is 12.8. The molecule has 1 rings (SSSR count). The molecule has 0 aliphatic rings. The van der Waals surface area contributed by atoms with Crippen molar-refractivity contribution in [3.05, 3.63) is 29.8 Å². The number of hydrogen-bond donors (Lipinski definition) is 2. The van der Waals surface area contributed by atoms with Gasteiger partial charge in [0.25, 0.3) is 0 Å². The van der Waals surface area contributed by atoms with Gasteiger partial charge in [-0.15, -0.1) is 0 Å². The van der Waals surface area contributed by atoms with E-state index >= 15 is 0 Å². The van der Waals surface area contributed by atoms with Gasteiger partial charge in [0.1, 0.15) is 0 Å². The van der Waals surface area contributed by atoms with Crippen LogP contribution in [0.4, 0.5) is 5.69 Å². The van der Waals surface area contributed by atoms with Crippen LogP contribution in [0.1, 0.15) is 5.56 Å². The van der Waals surface area contributed by atoms with Gasteiger partial charge in [0.05, 0.1) is 11.5 Å². The van der Waals surface area contributed by atoms with Gasteiger partial charge in [0.15, 0.2) is 0 Å². The second kappa shape index (κ2) is 6.32. The summed E-state index contributed by atoms with van der Waals surface area (Å²) in [6.07, 6.45) is 0. The van der Waals surface area contributed by atoms with Gasteiger partial charge in [-0.1, -0.05) is 24.4 Å². The Morgan fingerprint density at radius 1 is 1.47 bits per heavy atom. The van der Waals surface area contributed by atoms with E-state index in [2.05, 4.69) is 5.32 Å². The van der Waals surface area contributed by atoms with Gasteiger partial charge >= 0.3 is 0 Å². The van der Waals surface area contributed by atoms with Crippen LogP contribution in [0.2, 0.25) is 0 Å². The first-order valence-electron chi connectivity index (χ1n) is 5.31. The van der Waals surface area contributed by atoms with E-state index < -0.39 is 0 Å². The molecule has 5 heteroatoms. The summed E-state index contributed by atoms with van der Waals surface area (Å²) in [7, 11) is 1.80. The van der Waals surface area contributed by atoms with Gasteiger partial charge < -0.3 is 11.1 Å². The fourth-order valence-electron chi connectivity index (χ4n) is 1.49. The third-order valence-electron chi connectivity index (χ3n) is 2.14. The van der Waals surface area contributed by atoms with Crippen LogP contribution in [-0.4, -0.2) is 35.9 Å². The van der Waals surface area contributed by atoms with E-state index in [0.29, 0.717) is 11.5 Å². The molecule has 0 saturated carbocycles. The molecule has 0 unspecified atom stereocenters. The van der Waals surface area contributed by atoms with Gasteiger partial charge in [0.2, 0.25) is 5.91 Å². The van der Waals surface area contributed by atoms with E-state index in [1.54, 1.807) is 11.9 Å². The van der Waals surface area contributed by atoms with Crippen LogP contribution in [0.15, 0.2) is 24.3 Å². The first-order valence-corrected chi connectivity index (χ1v) is 5.71. The van der Waals surface area contributed by atoms with Gasteiger partial charge in [-0.2, -0.15) is 0 Å². The molecule has 0 atom stereocenters. The van der Waals surface area contributed by atoms with Crippen molar-refractivity contribution in [1.29, 1.82) is 0 Å². The summed E-state index contributed by atoms with van der Waals surface area (Å²) in [5, 5.41) is 2.82. The SMILES string of the molecule is Cc1cccc(NC(=O)CN(C)CC(N)=S)c1. The molecule has 0 spiro atoms. The number of carbonyl (C=O) groups is 1. The summed E-state index contributed by atoms with van der Waals surface area (Å²) in [4.78, 5) is 13.8. The summed E-state index contributed by atoms with van der Waals surface area (Å²) in [5.74, 6) is -0.0747. The van der Waals surface area contributed by atoms with Crippen molar-refractivity contribution >= 4 is 28.8 Å². The first kappa shape index (κ1) is 13.6. The highest BCUT2D eigenvalue weighted by atomic mass is 32.1. The minimum atomic E-state index is -0.0747. The predicted molar refractivity (Wildman–Crippen MR) is 74.1 cm³/mol. The maximum absolute atomic E-state index is 11.7. The van der Waals surface area contributed by atoms with Crippen LogP contribution in [0, 0.1) is 6.92 Å². The van der Waals surface area contributed by atoms with E-state index in [4.69, 9.17) is 18.0 Å². The molecule has 0 aliphatic heterocycles. The van der Waals surface area contributed by atoms with Crippen LogP contribution >= 0.6 is 12.2 Å². The molecule has 3 N–H and O–H groups in total. The lowest BCUT2D eigenvalue weighted by atomic mass is 10.2. The van der Waals surface area contributed by atoms with Crippen LogP contribution in [0.5, 0.6) is 0 Å². The largest absolute Gasteiger partial charge is 0.392 e. The number of aryl methyl sites for hydroxylation is 1. The maximum Gasteiger partial charge on any atom is 0.238 e. The number of hydrogen-bond acceptors (Lipinski definition) is 3. The number of carbonyl (C=O) groups excluding carboxylic acids is 1. The average Bonchev–Trinajstić information content (AvgIpc) is 2.14. The van der Waals surface area contributed by atoms with Gasteiger partial charge in [0, 0.05) is 12.2 Å². The number of benzene rings is 1. The number of nitrogens with two attached hydrogens (primary N) is 1. The molecule has 0 saturated heterocycles. The first-order chi connectivity index (χ1) is 7.97. The molecule has 1 aromatic rings. The standard InChI is InChI=1S/C12H17N3OS/c1-9-4-3-5-10(6-9)14-12(16)8-15(2)7-11(13)17/h3-6H,7-8H2,1-2H3,(H2,13,17)(H,14,16). The Hall–Kier alpha value is -1.46. The van der Waals surface area contributed by atoms with Crippen LogP contribution in [-0.2, 0) is 4.79 Å². The minimum absolute atomic E-state index is 0.0747. The lowest BCUT2D eigenvalue weighted by Gasteiger charge is -2.15. The minimum Gasteiger partial charge on any atom is -0.392 e. The predicted octanol–water partition coefficient (Wildman–Crippen LogP) is 1.15. The fourth-order valence-corrected chi connectivity index (χ4v) is 1.71. The normalized spacial score (nSPS) is 10.3. The highest BCUT2D eigenvalue weighted by Crippen LogP contribution is 2.09. The van der Waals surface area contributed by atoms with Crippen LogP contribution in [0.25, 0.3) is 0 Å². The highest BCUT2D eigenvalue weighted by molar-refractivity contribution is 7.80. The van der Waals surface area contributed by atoms with E-state index in [1.165, 1.54) is 0 Å². The Morgan fingerprint density at radius 3 is 2.76 bits per heavy atom. The maximum atomic E-state index is 11.7. The van der Waals surface area contributed by atoms with Crippen molar-refractivity contribution in [3.8, 4) is 0 Å². The number of rotatable bonds is 5. The van der Waals surface area contributed by atoms with Crippen molar-refractivity contribution in [2.45, 2.75) is 6.92 Å². The van der Waals surface area contributed by atoms with E-state index in [0.717, 1.165) is 11.3 Å². The molecule has 0 fully saturated rings. The summed E-state index contributed by atoms with van der Waals surface area (Å²) in [6, 6.07) is 7.67. The summed E-state index contributed by atoms with van der Waals surface area (Å²) in [6.45, 7) is 2.69.